The van der Waals surface area contributed by atoms with Crippen LogP contribution in [0.1, 0.15) is 30.6 Å². The van der Waals surface area contributed by atoms with Gasteiger partial charge in [-0.25, -0.2) is 0 Å². The zero-order valence-corrected chi connectivity index (χ0v) is 11.4. The van der Waals surface area contributed by atoms with Gasteiger partial charge in [0.05, 0.1) is 13.5 Å². The number of hydrogen-bond acceptors (Lipinski definition) is 4. The van der Waals surface area contributed by atoms with Crippen LogP contribution in [0.3, 0.4) is 0 Å². The molecule has 100 valence electrons. The lowest BCUT2D eigenvalue weighted by Crippen LogP contribution is -2.25. The van der Waals surface area contributed by atoms with Crippen LogP contribution in [0.4, 0.5) is 0 Å². The number of ether oxygens (including phenoxy) is 1. The molecule has 0 fully saturated rings. The zero-order valence-electron chi connectivity index (χ0n) is 10.6. The zero-order chi connectivity index (χ0) is 13.2. The van der Waals surface area contributed by atoms with E-state index in [9.17, 15) is 9.59 Å². The summed E-state index contributed by atoms with van der Waals surface area (Å²) >= 11 is 1.59. The van der Waals surface area contributed by atoms with E-state index in [2.05, 4.69) is 10.1 Å². The van der Waals surface area contributed by atoms with E-state index in [1.165, 1.54) is 7.11 Å². The molecule has 1 N–H and O–H groups in total. The Hall–Kier alpha value is -1.36. The molecule has 0 aliphatic rings. The predicted molar refractivity (Wildman–Crippen MR) is 71.5 cm³/mol. The lowest BCUT2D eigenvalue weighted by Gasteiger charge is -2.04. The summed E-state index contributed by atoms with van der Waals surface area (Å²) in [7, 11) is 1.40. The fraction of sp³-hybridized carbons (Fsp3) is 0.538. The number of rotatable bonds is 8. The first-order valence-corrected chi connectivity index (χ1v) is 6.96. The molecule has 1 heterocycles. The van der Waals surface area contributed by atoms with Crippen LogP contribution >= 0.6 is 11.3 Å². The number of amides is 1. The minimum atomic E-state index is -0.170. The molecular formula is C13H19NO3S. The molecular weight excluding hydrogens is 250 g/mol. The second kappa shape index (κ2) is 8.69. The highest BCUT2D eigenvalue weighted by atomic mass is 32.1. The number of nitrogens with one attached hydrogen (secondary N) is 1. The van der Waals surface area contributed by atoms with Gasteiger partial charge in [-0.15, -0.1) is 11.3 Å². The Morgan fingerprint density at radius 3 is 2.83 bits per heavy atom. The first kappa shape index (κ1) is 14.7. The van der Waals surface area contributed by atoms with E-state index in [1.54, 1.807) is 11.3 Å². The highest BCUT2D eigenvalue weighted by Gasteiger charge is 2.03. The van der Waals surface area contributed by atoms with E-state index in [4.69, 9.17) is 0 Å². The average molecular weight is 269 g/mol. The van der Waals surface area contributed by atoms with Crippen LogP contribution in [0.15, 0.2) is 17.5 Å². The Labute approximate surface area is 111 Å². The predicted octanol–water partition coefficient (Wildman–Crippen LogP) is 2.14. The lowest BCUT2D eigenvalue weighted by molar-refractivity contribution is -0.140. The van der Waals surface area contributed by atoms with Gasteiger partial charge in [0, 0.05) is 17.8 Å². The van der Waals surface area contributed by atoms with Gasteiger partial charge in [0.25, 0.3) is 0 Å². The van der Waals surface area contributed by atoms with E-state index in [-0.39, 0.29) is 11.9 Å². The van der Waals surface area contributed by atoms with Crippen LogP contribution in [0.5, 0.6) is 0 Å². The Kier molecular flexibility index (Phi) is 7.10. The van der Waals surface area contributed by atoms with Crippen molar-refractivity contribution >= 4 is 23.2 Å². The molecule has 0 atom stereocenters. The van der Waals surface area contributed by atoms with Crippen LogP contribution < -0.4 is 5.32 Å². The summed E-state index contributed by atoms with van der Waals surface area (Å²) in [5.74, 6) is -0.109. The van der Waals surface area contributed by atoms with E-state index in [0.717, 1.165) is 24.1 Å². The molecule has 0 unspecified atom stereocenters. The quantitative estimate of drug-likeness (QED) is 0.581. The average Bonchev–Trinajstić information content (AvgIpc) is 2.85. The first-order chi connectivity index (χ1) is 8.72. The minimum Gasteiger partial charge on any atom is -0.469 e. The van der Waals surface area contributed by atoms with Gasteiger partial charge in [0.15, 0.2) is 0 Å². The van der Waals surface area contributed by atoms with Gasteiger partial charge in [0.2, 0.25) is 5.91 Å². The van der Waals surface area contributed by atoms with Gasteiger partial charge in [-0.05, 0) is 24.3 Å². The third-order valence-electron chi connectivity index (χ3n) is 2.52. The van der Waals surface area contributed by atoms with Crippen molar-refractivity contribution in [2.45, 2.75) is 32.1 Å². The van der Waals surface area contributed by atoms with Crippen molar-refractivity contribution in [3.05, 3.63) is 22.4 Å². The number of esters is 1. The summed E-state index contributed by atoms with van der Waals surface area (Å²) < 4.78 is 4.55. The Morgan fingerprint density at radius 1 is 1.33 bits per heavy atom. The van der Waals surface area contributed by atoms with Crippen molar-refractivity contribution < 1.29 is 14.3 Å². The molecule has 0 saturated heterocycles. The molecule has 1 aromatic heterocycles. The van der Waals surface area contributed by atoms with Crippen molar-refractivity contribution in [2.75, 3.05) is 13.7 Å². The summed E-state index contributed by atoms with van der Waals surface area (Å²) in [6.45, 7) is 0.672. The van der Waals surface area contributed by atoms with Crippen LogP contribution in [0.2, 0.25) is 0 Å². The van der Waals surface area contributed by atoms with E-state index in [1.807, 2.05) is 17.5 Å². The molecule has 1 amide bonds. The van der Waals surface area contributed by atoms with Crippen molar-refractivity contribution in [3.63, 3.8) is 0 Å². The van der Waals surface area contributed by atoms with Gasteiger partial charge in [-0.1, -0.05) is 12.5 Å². The highest BCUT2D eigenvalue weighted by Crippen LogP contribution is 2.08. The normalized spacial score (nSPS) is 10.1. The maximum absolute atomic E-state index is 11.5. The smallest absolute Gasteiger partial charge is 0.305 e. The van der Waals surface area contributed by atoms with Gasteiger partial charge in [0.1, 0.15) is 0 Å². The molecule has 0 saturated carbocycles. The molecule has 0 aliphatic carbocycles. The van der Waals surface area contributed by atoms with Gasteiger partial charge < -0.3 is 10.1 Å². The lowest BCUT2D eigenvalue weighted by atomic mass is 10.2. The van der Waals surface area contributed by atoms with E-state index >= 15 is 0 Å². The number of thiophene rings is 1. The molecule has 0 aromatic carbocycles. The Bertz CT molecular complexity index is 362. The molecule has 1 aromatic rings. The summed E-state index contributed by atoms with van der Waals surface area (Å²) in [6, 6.07) is 3.90. The largest absolute Gasteiger partial charge is 0.469 e. The molecule has 4 nitrogen and oxygen atoms in total. The highest BCUT2D eigenvalue weighted by molar-refractivity contribution is 7.10. The number of carbonyl (C=O) groups excluding carboxylic acids is 2. The molecule has 5 heteroatoms. The fourth-order valence-electron chi connectivity index (χ4n) is 1.53. The summed E-state index contributed by atoms with van der Waals surface area (Å²) in [4.78, 5) is 23.4. The fourth-order valence-corrected chi connectivity index (χ4v) is 2.24. The second-order valence-corrected chi connectivity index (χ2v) is 5.03. The third kappa shape index (κ3) is 6.39. The first-order valence-electron chi connectivity index (χ1n) is 6.08. The maximum atomic E-state index is 11.5. The number of unbranched alkanes of at least 4 members (excludes halogenated alkanes) is 2. The van der Waals surface area contributed by atoms with Crippen molar-refractivity contribution in [1.82, 2.24) is 5.32 Å². The van der Waals surface area contributed by atoms with Crippen LogP contribution in [-0.2, 0) is 20.7 Å². The third-order valence-corrected chi connectivity index (χ3v) is 3.40. The molecule has 0 aliphatic heterocycles. The van der Waals surface area contributed by atoms with Crippen molar-refractivity contribution in [2.24, 2.45) is 0 Å². The molecule has 0 bridgehead atoms. The number of carbonyl (C=O) groups is 2. The van der Waals surface area contributed by atoms with Crippen LogP contribution in [-0.4, -0.2) is 25.5 Å². The monoisotopic (exact) mass is 269 g/mol. The molecule has 1 rings (SSSR count). The minimum absolute atomic E-state index is 0.0606. The van der Waals surface area contributed by atoms with Crippen molar-refractivity contribution in [1.29, 1.82) is 0 Å². The van der Waals surface area contributed by atoms with Gasteiger partial charge in [-0.2, -0.15) is 0 Å². The summed E-state index contributed by atoms with van der Waals surface area (Å²) in [5.41, 5.74) is 0. The Balaban J connectivity index is 1.97. The standard InChI is InChI=1S/C13H19NO3S/c1-17-13(16)7-3-2-4-8-14-12(15)10-11-6-5-9-18-11/h5-6,9H,2-4,7-8,10H2,1H3,(H,14,15). The van der Waals surface area contributed by atoms with Crippen LogP contribution in [0, 0.1) is 0 Å². The van der Waals surface area contributed by atoms with Crippen LogP contribution in [0.25, 0.3) is 0 Å². The number of hydrogen-bond donors (Lipinski definition) is 1. The summed E-state index contributed by atoms with van der Waals surface area (Å²) in [5, 5.41) is 4.84. The molecule has 0 spiro atoms. The SMILES string of the molecule is COC(=O)CCCCCNC(=O)Cc1cccs1. The second-order valence-electron chi connectivity index (χ2n) is 3.99. The number of methoxy groups -OCH3 is 1. The van der Waals surface area contributed by atoms with Gasteiger partial charge in [-0.3, -0.25) is 9.59 Å². The van der Waals surface area contributed by atoms with Gasteiger partial charge >= 0.3 is 5.97 Å². The van der Waals surface area contributed by atoms with E-state index in [0.29, 0.717) is 19.4 Å². The molecule has 18 heavy (non-hydrogen) atoms. The topological polar surface area (TPSA) is 55.4 Å². The van der Waals surface area contributed by atoms with E-state index < -0.39 is 0 Å². The maximum Gasteiger partial charge on any atom is 0.305 e. The summed E-state index contributed by atoms with van der Waals surface area (Å²) in [6.07, 6.45) is 3.55. The van der Waals surface area contributed by atoms with Crippen molar-refractivity contribution in [3.8, 4) is 0 Å². The Morgan fingerprint density at radius 2 is 2.17 bits per heavy atom. The molecule has 0 radical (unpaired) electrons.